The molecule has 0 saturated heterocycles. The van der Waals surface area contributed by atoms with Gasteiger partial charge in [-0.1, -0.05) is 102 Å². The highest BCUT2D eigenvalue weighted by Gasteiger charge is 2.04. The smallest absolute Gasteiger partial charge is 0.0109 e. The summed E-state index contributed by atoms with van der Waals surface area (Å²) in [6.07, 6.45) is 1.94. The molecular formula is C24H38. The van der Waals surface area contributed by atoms with Crippen molar-refractivity contribution in [1.82, 2.24) is 0 Å². The lowest BCUT2D eigenvalue weighted by atomic mass is 9.95. The fourth-order valence-corrected chi connectivity index (χ4v) is 1.94. The number of aryl methyl sites for hydroxylation is 2. The minimum Gasteiger partial charge on any atom is -0.106 e. The van der Waals surface area contributed by atoms with Crippen LogP contribution in [0, 0.1) is 13.8 Å². The largest absolute Gasteiger partial charge is 0.106 e. The Kier molecular flexibility index (Phi) is 21.2. The highest BCUT2D eigenvalue weighted by Crippen LogP contribution is 2.27. The molecular weight excluding hydrogens is 288 g/mol. The molecule has 2 rings (SSSR count). The Morgan fingerprint density at radius 1 is 0.708 bits per heavy atom. The maximum absolute atomic E-state index is 3.90. The van der Waals surface area contributed by atoms with E-state index in [0.29, 0.717) is 0 Å². The molecule has 0 atom stereocenters. The van der Waals surface area contributed by atoms with Crippen molar-refractivity contribution in [3.05, 3.63) is 78.9 Å². The molecule has 0 N–H and O–H groups in total. The molecule has 0 nitrogen and oxygen atoms in total. The van der Waals surface area contributed by atoms with Crippen molar-refractivity contribution in [2.45, 2.75) is 55.4 Å². The van der Waals surface area contributed by atoms with Gasteiger partial charge in [-0.2, -0.15) is 0 Å². The first-order valence-corrected chi connectivity index (χ1v) is 9.01. The first-order chi connectivity index (χ1) is 11.7. The summed E-state index contributed by atoms with van der Waals surface area (Å²) in [5.74, 6) is 0. The number of benzene rings is 2. The van der Waals surface area contributed by atoms with Gasteiger partial charge in [-0.25, -0.2) is 0 Å². The second-order valence-electron chi connectivity index (χ2n) is 4.11. The average molecular weight is 327 g/mol. The van der Waals surface area contributed by atoms with Gasteiger partial charge in [0.25, 0.3) is 0 Å². The van der Waals surface area contributed by atoms with Crippen molar-refractivity contribution >= 4 is 6.08 Å². The van der Waals surface area contributed by atoms with Gasteiger partial charge in [0.1, 0.15) is 0 Å². The lowest BCUT2D eigenvalue weighted by Crippen LogP contribution is -1.87. The highest BCUT2D eigenvalue weighted by atomic mass is 14.1. The van der Waals surface area contributed by atoms with Gasteiger partial charge in [0, 0.05) is 0 Å². The van der Waals surface area contributed by atoms with E-state index in [0.717, 1.165) is 0 Å². The molecule has 24 heavy (non-hydrogen) atoms. The molecule has 0 heteroatoms. The highest BCUT2D eigenvalue weighted by molar-refractivity contribution is 5.76. The van der Waals surface area contributed by atoms with Crippen molar-refractivity contribution in [2.75, 3.05) is 0 Å². The van der Waals surface area contributed by atoms with Crippen LogP contribution in [0.3, 0.4) is 0 Å². The Morgan fingerprint density at radius 2 is 1.17 bits per heavy atom. The zero-order valence-corrected chi connectivity index (χ0v) is 17.2. The molecule has 0 aliphatic rings. The summed E-state index contributed by atoms with van der Waals surface area (Å²) >= 11 is 0. The maximum atomic E-state index is 3.90. The molecule has 0 amide bonds. The van der Waals surface area contributed by atoms with Crippen LogP contribution in [0.25, 0.3) is 17.2 Å². The summed E-state index contributed by atoms with van der Waals surface area (Å²) in [6, 6.07) is 15.0. The van der Waals surface area contributed by atoms with Gasteiger partial charge in [0.05, 0.1) is 0 Å². The van der Waals surface area contributed by atoms with E-state index in [9.17, 15) is 0 Å². The molecule has 0 unspecified atom stereocenters. The molecule has 0 spiro atoms. The summed E-state index contributed by atoms with van der Waals surface area (Å²) < 4.78 is 0. The predicted molar refractivity (Wildman–Crippen MR) is 117 cm³/mol. The van der Waals surface area contributed by atoms with E-state index in [-0.39, 0.29) is 0 Å². The van der Waals surface area contributed by atoms with E-state index in [1.165, 1.54) is 27.8 Å². The van der Waals surface area contributed by atoms with Gasteiger partial charge < -0.3 is 0 Å². The monoisotopic (exact) mass is 326 g/mol. The third-order valence-corrected chi connectivity index (χ3v) is 2.89. The van der Waals surface area contributed by atoms with Crippen molar-refractivity contribution in [3.63, 3.8) is 0 Å². The first-order valence-electron chi connectivity index (χ1n) is 9.01. The van der Waals surface area contributed by atoms with Crippen LogP contribution >= 0.6 is 0 Å². The van der Waals surface area contributed by atoms with Crippen LogP contribution in [0.1, 0.15) is 58.2 Å². The summed E-state index contributed by atoms with van der Waals surface area (Å²) in [7, 11) is 0. The van der Waals surface area contributed by atoms with E-state index in [4.69, 9.17) is 0 Å². The van der Waals surface area contributed by atoms with Gasteiger partial charge in [-0.15, -0.1) is 13.2 Å². The molecule has 2 aromatic carbocycles. The maximum Gasteiger partial charge on any atom is -0.0109 e. The van der Waals surface area contributed by atoms with Crippen LogP contribution in [0.2, 0.25) is 0 Å². The quantitative estimate of drug-likeness (QED) is 0.485. The van der Waals surface area contributed by atoms with Crippen molar-refractivity contribution in [1.29, 1.82) is 0 Å². The van der Waals surface area contributed by atoms with Crippen LogP contribution in [-0.4, -0.2) is 0 Å². The normalized spacial score (nSPS) is 7.67. The summed E-state index contributed by atoms with van der Waals surface area (Å²) in [4.78, 5) is 0. The van der Waals surface area contributed by atoms with Crippen molar-refractivity contribution in [3.8, 4) is 11.1 Å². The molecule has 0 bridgehead atoms. The summed E-state index contributed by atoms with van der Waals surface area (Å²) in [5, 5.41) is 0. The number of hydrogen-bond donors (Lipinski definition) is 0. The Balaban J connectivity index is -0.000000484. The van der Waals surface area contributed by atoms with Crippen molar-refractivity contribution < 1.29 is 0 Å². The van der Waals surface area contributed by atoms with Gasteiger partial charge in [-0.3, -0.25) is 0 Å². The molecule has 0 saturated carbocycles. The van der Waals surface area contributed by atoms with Crippen molar-refractivity contribution in [2.24, 2.45) is 0 Å². The second-order valence-corrected chi connectivity index (χ2v) is 4.11. The minimum absolute atomic E-state index is 1.23. The molecule has 0 aromatic heterocycles. The zero-order chi connectivity index (χ0) is 19.5. The molecule has 2 aromatic rings. The van der Waals surface area contributed by atoms with E-state index in [1.807, 2.05) is 47.6 Å². The molecule has 0 aliphatic heterocycles. The van der Waals surface area contributed by atoms with Gasteiger partial charge >= 0.3 is 0 Å². The zero-order valence-electron chi connectivity index (χ0n) is 17.2. The van der Waals surface area contributed by atoms with Gasteiger partial charge in [-0.05, 0) is 36.1 Å². The number of hydrogen-bond acceptors (Lipinski definition) is 0. The Labute approximate surface area is 152 Å². The summed E-state index contributed by atoms with van der Waals surface area (Å²) in [6.45, 7) is 26.1. The summed E-state index contributed by atoms with van der Waals surface area (Å²) in [5.41, 5.74) is 6.30. The lowest BCUT2D eigenvalue weighted by molar-refractivity contribution is 1.42. The first kappa shape index (κ1) is 26.8. The Morgan fingerprint density at radius 3 is 1.58 bits per heavy atom. The third kappa shape index (κ3) is 9.15. The van der Waals surface area contributed by atoms with Gasteiger partial charge in [0.2, 0.25) is 0 Å². The molecule has 0 fully saturated rings. The molecule has 0 radical (unpaired) electrons. The fourth-order valence-electron chi connectivity index (χ4n) is 1.94. The van der Waals surface area contributed by atoms with Crippen LogP contribution < -0.4 is 0 Å². The number of rotatable bonds is 2. The van der Waals surface area contributed by atoms with Crippen LogP contribution in [0.4, 0.5) is 0 Å². The predicted octanol–water partition coefficient (Wildman–Crippen LogP) is 8.49. The van der Waals surface area contributed by atoms with E-state index >= 15 is 0 Å². The minimum atomic E-state index is 1.23. The van der Waals surface area contributed by atoms with E-state index < -0.39 is 0 Å². The standard InChI is InChI=1S/C16H16.3C2H6.C2H4/c1-4-15-13(3)6-5-7-16(15)14-10-8-12(2)9-11-14;4*1-2/h4-11H,1H2,2-3H3;3*1-2H3;1-2H2. The topological polar surface area (TPSA) is 0 Å². The van der Waals surface area contributed by atoms with Crippen LogP contribution in [0.15, 0.2) is 62.2 Å². The van der Waals surface area contributed by atoms with E-state index in [2.05, 4.69) is 76.0 Å². The molecule has 134 valence electrons. The van der Waals surface area contributed by atoms with E-state index in [1.54, 1.807) is 0 Å². The third-order valence-electron chi connectivity index (χ3n) is 2.89. The second kappa shape index (κ2) is 19.0. The van der Waals surface area contributed by atoms with Gasteiger partial charge in [0.15, 0.2) is 0 Å². The average Bonchev–Trinajstić information content (AvgIpc) is 2.68. The molecule has 0 heterocycles. The lowest BCUT2D eigenvalue weighted by Gasteiger charge is -2.09. The Hall–Kier alpha value is -2.08. The SMILES string of the molecule is C=C.C=Cc1c(C)cccc1-c1ccc(C)cc1.CC.CC.CC. The van der Waals surface area contributed by atoms with Crippen LogP contribution in [0.5, 0.6) is 0 Å². The van der Waals surface area contributed by atoms with Crippen LogP contribution in [-0.2, 0) is 0 Å². The molecule has 0 aliphatic carbocycles. The fraction of sp³-hybridized carbons (Fsp3) is 0.333. The Bertz CT molecular complexity index is 518.